The van der Waals surface area contributed by atoms with Crippen LogP contribution in [0.2, 0.25) is 0 Å². The van der Waals surface area contributed by atoms with Crippen molar-refractivity contribution in [2.24, 2.45) is 11.7 Å². The maximum absolute atomic E-state index is 9.27. The van der Waals surface area contributed by atoms with Crippen LogP contribution in [-0.4, -0.2) is 18.1 Å². The Kier molecular flexibility index (Phi) is 3.90. The molecule has 1 saturated carbocycles. The first-order valence-corrected chi connectivity index (χ1v) is 6.46. The van der Waals surface area contributed by atoms with Crippen molar-refractivity contribution in [3.63, 3.8) is 0 Å². The molecule has 100 valence electrons. The van der Waals surface area contributed by atoms with E-state index in [1.54, 1.807) is 0 Å². The van der Waals surface area contributed by atoms with Gasteiger partial charge in [-0.05, 0) is 36.5 Å². The Bertz CT molecular complexity index is 401. The minimum atomic E-state index is -0.979. The van der Waals surface area contributed by atoms with Crippen LogP contribution in [0.1, 0.15) is 32.3 Å². The van der Waals surface area contributed by atoms with E-state index in [1.165, 1.54) is 0 Å². The molecule has 2 rings (SSSR count). The Morgan fingerprint density at radius 2 is 2.17 bits per heavy atom. The Hall–Kier alpha value is -1.10. The second-order valence-corrected chi connectivity index (χ2v) is 5.40. The molecule has 1 aromatic rings. The number of hydrogen-bond acceptors (Lipinski definition) is 4. The molecular formula is C14H22N2O2. The minimum absolute atomic E-state index is 0.161. The fraction of sp³-hybridized carbons (Fsp3) is 0.571. The summed E-state index contributed by atoms with van der Waals surface area (Å²) in [6.45, 7) is 4.96. The van der Waals surface area contributed by atoms with Gasteiger partial charge in [0.15, 0.2) is 6.35 Å². The molecule has 0 amide bonds. The summed E-state index contributed by atoms with van der Waals surface area (Å²) in [5.41, 5.74) is 6.38. The number of benzene rings is 1. The molecule has 1 unspecified atom stereocenters. The van der Waals surface area contributed by atoms with E-state index < -0.39 is 6.35 Å². The molecule has 0 heterocycles. The van der Waals surface area contributed by atoms with Crippen LogP contribution in [0.3, 0.4) is 0 Å². The Labute approximate surface area is 108 Å². The van der Waals surface area contributed by atoms with E-state index in [0.29, 0.717) is 12.5 Å². The van der Waals surface area contributed by atoms with E-state index in [-0.39, 0.29) is 5.54 Å². The van der Waals surface area contributed by atoms with Gasteiger partial charge in [-0.25, -0.2) is 0 Å². The third kappa shape index (κ3) is 3.22. The molecule has 0 radical (unpaired) electrons. The van der Waals surface area contributed by atoms with Gasteiger partial charge in [-0.3, -0.25) is 11.1 Å². The van der Waals surface area contributed by atoms with E-state index in [4.69, 9.17) is 10.5 Å². The van der Waals surface area contributed by atoms with E-state index >= 15 is 0 Å². The molecule has 4 nitrogen and oxygen atoms in total. The van der Waals surface area contributed by atoms with Gasteiger partial charge in [0.25, 0.3) is 0 Å². The Balaban J connectivity index is 2.07. The van der Waals surface area contributed by atoms with Crippen LogP contribution >= 0.6 is 0 Å². The highest BCUT2D eigenvalue weighted by Crippen LogP contribution is 2.46. The number of aliphatic hydroxyl groups excluding tert-OH is 1. The topological polar surface area (TPSA) is 67.5 Å². The van der Waals surface area contributed by atoms with Crippen molar-refractivity contribution in [2.75, 3.05) is 6.61 Å². The van der Waals surface area contributed by atoms with Gasteiger partial charge in [-0.1, -0.05) is 26.0 Å². The van der Waals surface area contributed by atoms with Gasteiger partial charge >= 0.3 is 0 Å². The minimum Gasteiger partial charge on any atom is -0.493 e. The molecule has 0 bridgehead atoms. The van der Waals surface area contributed by atoms with Gasteiger partial charge in [-0.2, -0.15) is 0 Å². The first-order valence-electron chi connectivity index (χ1n) is 6.46. The van der Waals surface area contributed by atoms with Crippen LogP contribution in [0.25, 0.3) is 0 Å². The fourth-order valence-electron chi connectivity index (χ4n) is 2.07. The van der Waals surface area contributed by atoms with Crippen molar-refractivity contribution < 1.29 is 9.84 Å². The van der Waals surface area contributed by atoms with E-state index in [2.05, 4.69) is 19.2 Å². The molecule has 4 heteroatoms. The summed E-state index contributed by atoms with van der Waals surface area (Å²) in [7, 11) is 0. The van der Waals surface area contributed by atoms with Gasteiger partial charge < -0.3 is 9.84 Å². The first-order chi connectivity index (χ1) is 8.52. The highest BCUT2D eigenvalue weighted by molar-refractivity contribution is 5.36. The highest BCUT2D eigenvalue weighted by Gasteiger charge is 2.45. The molecule has 1 aliphatic rings. The first kappa shape index (κ1) is 13.3. The average Bonchev–Trinajstić information content (AvgIpc) is 3.07. The van der Waals surface area contributed by atoms with E-state index in [9.17, 15) is 5.11 Å². The highest BCUT2D eigenvalue weighted by atomic mass is 16.5. The van der Waals surface area contributed by atoms with Gasteiger partial charge in [0.05, 0.1) is 6.61 Å². The lowest BCUT2D eigenvalue weighted by Crippen LogP contribution is -2.44. The smallest absolute Gasteiger partial charge is 0.158 e. The van der Waals surface area contributed by atoms with Crippen LogP contribution in [0.15, 0.2) is 24.3 Å². The van der Waals surface area contributed by atoms with Crippen molar-refractivity contribution in [1.29, 1.82) is 0 Å². The summed E-state index contributed by atoms with van der Waals surface area (Å²) in [4.78, 5) is 0. The van der Waals surface area contributed by atoms with Crippen molar-refractivity contribution in [2.45, 2.75) is 38.6 Å². The van der Waals surface area contributed by atoms with E-state index in [0.717, 1.165) is 24.2 Å². The van der Waals surface area contributed by atoms with Crippen molar-refractivity contribution in [3.05, 3.63) is 29.8 Å². The molecule has 0 saturated heterocycles. The zero-order valence-corrected chi connectivity index (χ0v) is 11.0. The molecule has 1 fully saturated rings. The number of nitrogens with one attached hydrogen (secondary N) is 1. The molecule has 1 aliphatic carbocycles. The number of rotatable bonds is 6. The maximum Gasteiger partial charge on any atom is 0.158 e. The second kappa shape index (κ2) is 5.26. The molecule has 4 N–H and O–H groups in total. The van der Waals surface area contributed by atoms with Crippen LogP contribution in [-0.2, 0) is 5.54 Å². The fourth-order valence-corrected chi connectivity index (χ4v) is 2.07. The molecule has 1 atom stereocenters. The van der Waals surface area contributed by atoms with Crippen LogP contribution < -0.4 is 15.8 Å². The Morgan fingerprint density at radius 1 is 1.44 bits per heavy atom. The van der Waals surface area contributed by atoms with E-state index in [1.807, 2.05) is 24.3 Å². The van der Waals surface area contributed by atoms with Crippen LogP contribution in [0, 0.1) is 5.92 Å². The number of aliphatic hydroxyl groups is 1. The predicted molar refractivity (Wildman–Crippen MR) is 71.0 cm³/mol. The van der Waals surface area contributed by atoms with Crippen molar-refractivity contribution >= 4 is 0 Å². The van der Waals surface area contributed by atoms with Crippen LogP contribution in [0.4, 0.5) is 0 Å². The molecular weight excluding hydrogens is 228 g/mol. The zero-order valence-electron chi connectivity index (χ0n) is 11.0. The third-order valence-corrected chi connectivity index (χ3v) is 3.14. The monoisotopic (exact) mass is 250 g/mol. The summed E-state index contributed by atoms with van der Waals surface area (Å²) in [6.07, 6.45) is 1.01. The van der Waals surface area contributed by atoms with Gasteiger partial charge in [-0.15, -0.1) is 0 Å². The van der Waals surface area contributed by atoms with Crippen molar-refractivity contribution in [1.82, 2.24) is 5.32 Å². The quantitative estimate of drug-likeness (QED) is 0.670. The van der Waals surface area contributed by atoms with Crippen molar-refractivity contribution in [3.8, 4) is 5.75 Å². The molecule has 18 heavy (non-hydrogen) atoms. The standard InChI is InChI=1S/C14H22N2O2/c1-10(2)9-18-12-5-3-4-11(8-12)14(6-7-14)16-13(15)17/h3-5,8,10,13,16-17H,6-7,9,15H2,1-2H3. The summed E-state index contributed by atoms with van der Waals surface area (Å²) in [5, 5.41) is 12.3. The van der Waals surface area contributed by atoms with Gasteiger partial charge in [0.2, 0.25) is 0 Å². The lowest BCUT2D eigenvalue weighted by molar-refractivity contribution is 0.123. The third-order valence-electron chi connectivity index (χ3n) is 3.14. The maximum atomic E-state index is 9.27. The molecule has 0 aliphatic heterocycles. The largest absolute Gasteiger partial charge is 0.493 e. The molecule has 0 spiro atoms. The van der Waals surface area contributed by atoms with Gasteiger partial charge in [0.1, 0.15) is 5.75 Å². The summed E-state index contributed by atoms with van der Waals surface area (Å²) < 4.78 is 5.71. The lowest BCUT2D eigenvalue weighted by atomic mass is 10.0. The van der Waals surface area contributed by atoms with Gasteiger partial charge in [0, 0.05) is 5.54 Å². The summed E-state index contributed by atoms with van der Waals surface area (Å²) in [5.74, 6) is 1.38. The molecule has 0 aromatic heterocycles. The summed E-state index contributed by atoms with van der Waals surface area (Å²) in [6, 6.07) is 8.02. The summed E-state index contributed by atoms with van der Waals surface area (Å²) >= 11 is 0. The predicted octanol–water partition coefficient (Wildman–Crippen LogP) is 1.53. The average molecular weight is 250 g/mol. The number of ether oxygens (including phenoxy) is 1. The second-order valence-electron chi connectivity index (χ2n) is 5.40. The SMILES string of the molecule is CC(C)COc1cccc(C2(NC(N)O)CC2)c1. The number of nitrogens with two attached hydrogens (primary N) is 1. The Morgan fingerprint density at radius 3 is 2.72 bits per heavy atom. The normalized spacial score (nSPS) is 18.7. The lowest BCUT2D eigenvalue weighted by Gasteiger charge is -2.20. The number of hydrogen-bond donors (Lipinski definition) is 3. The zero-order chi connectivity index (χ0) is 13.2. The van der Waals surface area contributed by atoms with Crippen LogP contribution in [0.5, 0.6) is 5.75 Å². The molecule has 1 aromatic carbocycles.